The summed E-state index contributed by atoms with van der Waals surface area (Å²) in [4.78, 5) is 39.3. The van der Waals surface area contributed by atoms with Crippen LogP contribution in [0.3, 0.4) is 0 Å². The first-order valence-corrected chi connectivity index (χ1v) is 9.40. The van der Waals surface area contributed by atoms with Crippen molar-refractivity contribution in [2.45, 2.75) is 25.9 Å². The van der Waals surface area contributed by atoms with Gasteiger partial charge < -0.3 is 5.32 Å². The van der Waals surface area contributed by atoms with Gasteiger partial charge in [-0.3, -0.25) is 19.4 Å². The lowest BCUT2D eigenvalue weighted by atomic mass is 10.1. The Kier molecular flexibility index (Phi) is 4.79. The van der Waals surface area contributed by atoms with Crippen LogP contribution in [0.5, 0.6) is 0 Å². The fourth-order valence-electron chi connectivity index (χ4n) is 3.60. The largest absolute Gasteiger partial charge is 0.324 e. The predicted octanol–water partition coefficient (Wildman–Crippen LogP) is 2.89. The molecule has 0 saturated carbocycles. The van der Waals surface area contributed by atoms with Crippen molar-refractivity contribution in [2.24, 2.45) is 10.3 Å². The number of aryl methyl sites for hydroxylation is 2. The van der Waals surface area contributed by atoms with Crippen molar-refractivity contribution in [1.29, 1.82) is 0 Å². The molecule has 148 valence electrons. The summed E-state index contributed by atoms with van der Waals surface area (Å²) in [5, 5.41) is 12.3. The summed E-state index contributed by atoms with van der Waals surface area (Å²) in [6, 6.07) is 10.4. The van der Waals surface area contributed by atoms with Crippen LogP contribution in [0.2, 0.25) is 5.02 Å². The average Bonchev–Trinajstić information content (AvgIpc) is 3.14. The number of carbonyl (C=O) groups excluding carboxylic acids is 3. The Morgan fingerprint density at radius 3 is 2.52 bits per heavy atom. The monoisotopic (exact) mass is 411 g/mol. The highest BCUT2D eigenvalue weighted by atomic mass is 35.5. The summed E-state index contributed by atoms with van der Waals surface area (Å²) >= 11 is 5.92. The number of hydrogen-bond donors (Lipinski definition) is 1. The van der Waals surface area contributed by atoms with E-state index in [1.54, 1.807) is 36.4 Å². The Bertz CT molecular complexity index is 1030. The molecule has 0 aromatic heterocycles. The van der Waals surface area contributed by atoms with Crippen LogP contribution in [0.15, 0.2) is 52.8 Å². The summed E-state index contributed by atoms with van der Waals surface area (Å²) < 4.78 is 0. The minimum atomic E-state index is -0.942. The molecule has 2 aliphatic rings. The molecule has 1 N–H and O–H groups in total. The number of amides is 3. The van der Waals surface area contributed by atoms with Crippen LogP contribution in [0, 0.1) is 13.8 Å². The first-order chi connectivity index (χ1) is 13.8. The van der Waals surface area contributed by atoms with Crippen molar-refractivity contribution < 1.29 is 14.4 Å². The van der Waals surface area contributed by atoms with Gasteiger partial charge in [0.25, 0.3) is 11.8 Å². The molecular weight excluding hydrogens is 394 g/mol. The first kappa shape index (κ1) is 19.1. The molecule has 2 heterocycles. The molecule has 9 heteroatoms. The van der Waals surface area contributed by atoms with E-state index in [1.807, 2.05) is 19.9 Å². The van der Waals surface area contributed by atoms with E-state index in [4.69, 9.17) is 11.6 Å². The van der Waals surface area contributed by atoms with E-state index in [0.29, 0.717) is 16.4 Å². The third-order valence-corrected chi connectivity index (χ3v) is 4.97. The smallest absolute Gasteiger partial charge is 0.263 e. The SMILES string of the molecule is Cc1cc(C)cc(N2C(=O)[C@H]3N=NN(CC(=O)Nc4cccc(Cl)c4)[C@H]3C2=O)c1. The lowest BCUT2D eigenvalue weighted by molar-refractivity contribution is -0.123. The lowest BCUT2D eigenvalue weighted by Gasteiger charge is -2.20. The molecule has 2 aliphatic heterocycles. The standard InChI is InChI=1S/C20H18ClN5O3/c1-11-6-12(2)8-15(7-11)26-19(28)17-18(20(26)29)25(24-23-17)10-16(27)22-14-5-3-4-13(21)9-14/h3-9,17-18H,10H2,1-2H3,(H,22,27)/t17-,18+/m0/s1. The molecule has 2 atom stereocenters. The molecule has 0 unspecified atom stereocenters. The number of fused-ring (bicyclic) bond motifs is 1. The van der Waals surface area contributed by atoms with Gasteiger partial charge in [0.2, 0.25) is 5.91 Å². The van der Waals surface area contributed by atoms with E-state index in [2.05, 4.69) is 15.7 Å². The zero-order valence-electron chi connectivity index (χ0n) is 15.8. The minimum absolute atomic E-state index is 0.211. The van der Waals surface area contributed by atoms with Crippen molar-refractivity contribution in [3.8, 4) is 0 Å². The Labute approximate surface area is 172 Å². The van der Waals surface area contributed by atoms with Crippen LogP contribution in [0.4, 0.5) is 11.4 Å². The third kappa shape index (κ3) is 3.58. The van der Waals surface area contributed by atoms with Gasteiger partial charge in [-0.2, -0.15) is 5.11 Å². The topological polar surface area (TPSA) is 94.4 Å². The number of nitrogens with one attached hydrogen (secondary N) is 1. The second-order valence-corrected chi connectivity index (χ2v) is 7.54. The molecule has 0 spiro atoms. The van der Waals surface area contributed by atoms with Crippen LogP contribution < -0.4 is 10.2 Å². The summed E-state index contributed by atoms with van der Waals surface area (Å²) in [5.41, 5.74) is 2.92. The van der Waals surface area contributed by atoms with Crippen LogP contribution in [0.25, 0.3) is 0 Å². The maximum atomic E-state index is 13.0. The van der Waals surface area contributed by atoms with E-state index in [0.717, 1.165) is 16.0 Å². The van der Waals surface area contributed by atoms with Gasteiger partial charge in [0.1, 0.15) is 6.54 Å². The van der Waals surface area contributed by atoms with Crippen LogP contribution in [-0.2, 0) is 14.4 Å². The van der Waals surface area contributed by atoms with Crippen molar-refractivity contribution in [3.05, 3.63) is 58.6 Å². The highest BCUT2D eigenvalue weighted by molar-refractivity contribution is 6.31. The number of benzene rings is 2. The molecule has 1 fully saturated rings. The summed E-state index contributed by atoms with van der Waals surface area (Å²) in [6.07, 6.45) is 0. The molecule has 0 aliphatic carbocycles. The first-order valence-electron chi connectivity index (χ1n) is 9.02. The van der Waals surface area contributed by atoms with E-state index in [-0.39, 0.29) is 6.54 Å². The number of hydrogen-bond acceptors (Lipinski definition) is 6. The Morgan fingerprint density at radius 2 is 1.83 bits per heavy atom. The molecule has 3 amide bonds. The number of anilines is 2. The van der Waals surface area contributed by atoms with Gasteiger partial charge in [0.15, 0.2) is 12.1 Å². The zero-order chi connectivity index (χ0) is 20.7. The maximum Gasteiger partial charge on any atom is 0.263 e. The van der Waals surface area contributed by atoms with Crippen molar-refractivity contribution in [2.75, 3.05) is 16.8 Å². The van der Waals surface area contributed by atoms with E-state index >= 15 is 0 Å². The summed E-state index contributed by atoms with van der Waals surface area (Å²) in [7, 11) is 0. The number of rotatable bonds is 4. The van der Waals surface area contributed by atoms with Gasteiger partial charge in [0.05, 0.1) is 5.69 Å². The van der Waals surface area contributed by atoms with Crippen LogP contribution in [-0.4, -0.2) is 41.4 Å². The molecular formula is C20H18ClN5O3. The third-order valence-electron chi connectivity index (χ3n) is 4.74. The Morgan fingerprint density at radius 1 is 1.10 bits per heavy atom. The lowest BCUT2D eigenvalue weighted by Crippen LogP contribution is -2.43. The van der Waals surface area contributed by atoms with E-state index in [1.165, 1.54) is 5.01 Å². The number of carbonyl (C=O) groups is 3. The normalized spacial score (nSPS) is 20.4. The summed E-state index contributed by atoms with van der Waals surface area (Å²) in [6.45, 7) is 3.58. The second kappa shape index (κ2) is 7.29. The number of halogens is 1. The predicted molar refractivity (Wildman–Crippen MR) is 108 cm³/mol. The molecule has 1 saturated heterocycles. The van der Waals surface area contributed by atoms with Crippen LogP contribution in [0.1, 0.15) is 11.1 Å². The molecule has 8 nitrogen and oxygen atoms in total. The highest BCUT2D eigenvalue weighted by Gasteiger charge is 2.55. The van der Waals surface area contributed by atoms with Gasteiger partial charge in [-0.25, -0.2) is 4.90 Å². The maximum absolute atomic E-state index is 13.0. The second-order valence-electron chi connectivity index (χ2n) is 7.11. The highest BCUT2D eigenvalue weighted by Crippen LogP contribution is 2.32. The van der Waals surface area contributed by atoms with E-state index in [9.17, 15) is 14.4 Å². The zero-order valence-corrected chi connectivity index (χ0v) is 16.6. The average molecular weight is 412 g/mol. The number of nitrogens with zero attached hydrogens (tertiary/aromatic N) is 4. The molecule has 2 aromatic rings. The summed E-state index contributed by atoms with van der Waals surface area (Å²) in [5.74, 6) is -1.27. The van der Waals surface area contributed by atoms with Crippen molar-refractivity contribution >= 4 is 40.7 Å². The molecule has 0 bridgehead atoms. The Balaban J connectivity index is 1.51. The molecule has 2 aromatic carbocycles. The number of imide groups is 1. The molecule has 4 rings (SSSR count). The van der Waals surface area contributed by atoms with E-state index < -0.39 is 29.8 Å². The molecule has 0 radical (unpaired) electrons. The molecule has 29 heavy (non-hydrogen) atoms. The van der Waals surface area contributed by atoms with Crippen LogP contribution >= 0.6 is 11.6 Å². The fraction of sp³-hybridized carbons (Fsp3) is 0.250. The fourth-order valence-corrected chi connectivity index (χ4v) is 3.79. The van der Waals surface area contributed by atoms with Gasteiger partial charge in [-0.05, 0) is 55.3 Å². The van der Waals surface area contributed by atoms with Gasteiger partial charge in [0, 0.05) is 10.7 Å². The van der Waals surface area contributed by atoms with Gasteiger partial charge >= 0.3 is 0 Å². The van der Waals surface area contributed by atoms with Crippen molar-refractivity contribution in [1.82, 2.24) is 5.01 Å². The minimum Gasteiger partial charge on any atom is -0.324 e. The van der Waals surface area contributed by atoms with Gasteiger partial charge in [-0.15, -0.1) is 0 Å². The quantitative estimate of drug-likeness (QED) is 0.782. The Hall–Kier alpha value is -3.26. The van der Waals surface area contributed by atoms with Gasteiger partial charge in [-0.1, -0.05) is 29.0 Å². The van der Waals surface area contributed by atoms with Crippen molar-refractivity contribution in [3.63, 3.8) is 0 Å².